The highest BCUT2D eigenvalue weighted by Gasteiger charge is 2.14. The molecule has 2 rings (SSSR count). The fourth-order valence-corrected chi connectivity index (χ4v) is 2.71. The van der Waals surface area contributed by atoms with Crippen LogP contribution in [-0.2, 0) is 11.2 Å². The average molecular weight is 287 g/mol. The van der Waals surface area contributed by atoms with Crippen LogP contribution >= 0.6 is 0 Å². The molecule has 1 aromatic carbocycles. The number of aryl methyl sites for hydroxylation is 1. The molecule has 0 bridgehead atoms. The number of carbonyl (C=O) groups excluding carboxylic acids is 1. The van der Waals surface area contributed by atoms with Gasteiger partial charge in [0.2, 0.25) is 5.91 Å². The molecule has 0 radical (unpaired) electrons. The molecule has 0 heterocycles. The highest BCUT2D eigenvalue weighted by Crippen LogP contribution is 2.32. The van der Waals surface area contributed by atoms with Crippen LogP contribution in [0.3, 0.4) is 0 Å². The summed E-state index contributed by atoms with van der Waals surface area (Å²) in [7, 11) is 0. The zero-order valence-corrected chi connectivity index (χ0v) is 13.2. The van der Waals surface area contributed by atoms with Crippen LogP contribution in [0.4, 0.5) is 0 Å². The van der Waals surface area contributed by atoms with Crippen molar-refractivity contribution in [1.29, 1.82) is 0 Å². The Bertz CT molecular complexity index is 532. The monoisotopic (exact) mass is 287 g/mol. The molecule has 0 aliphatic heterocycles. The number of benzene rings is 1. The molecular formula is C18H25NO2. The van der Waals surface area contributed by atoms with E-state index in [0.29, 0.717) is 6.54 Å². The minimum absolute atomic E-state index is 0.0117. The quantitative estimate of drug-likeness (QED) is 0.857. The average Bonchev–Trinajstić information content (AvgIpc) is 2.60. The van der Waals surface area contributed by atoms with Gasteiger partial charge in [-0.2, -0.15) is 0 Å². The molecule has 0 aromatic heterocycles. The van der Waals surface area contributed by atoms with E-state index in [-0.39, 0.29) is 12.0 Å². The van der Waals surface area contributed by atoms with Crippen molar-refractivity contribution in [1.82, 2.24) is 5.32 Å². The number of hydrogen-bond donors (Lipinski definition) is 1. The fourth-order valence-electron chi connectivity index (χ4n) is 2.71. The molecule has 0 atom stereocenters. The summed E-state index contributed by atoms with van der Waals surface area (Å²) in [6, 6.07) is 6.40. The van der Waals surface area contributed by atoms with Crippen LogP contribution in [-0.4, -0.2) is 18.6 Å². The van der Waals surface area contributed by atoms with Crippen molar-refractivity contribution >= 4 is 11.5 Å². The topological polar surface area (TPSA) is 38.3 Å². The Hall–Kier alpha value is -1.77. The molecule has 0 fully saturated rings. The third-order valence-electron chi connectivity index (χ3n) is 3.64. The molecule has 1 amide bonds. The maximum atomic E-state index is 11.0. The Labute approximate surface area is 127 Å². The van der Waals surface area contributed by atoms with E-state index in [1.807, 2.05) is 13.8 Å². The standard InChI is InChI=1S/C18H25NO2/c1-13(2)21-17-9-8-15-6-4-5-7-16(18(15)12-17)10-11-19-14(3)20/h8-10,12-13H,4-7,11H2,1-3H3,(H,19,20)/b16-10+. The van der Waals surface area contributed by atoms with Crippen molar-refractivity contribution < 1.29 is 9.53 Å². The van der Waals surface area contributed by atoms with E-state index in [2.05, 4.69) is 29.6 Å². The Morgan fingerprint density at radius 2 is 2.10 bits per heavy atom. The van der Waals surface area contributed by atoms with Crippen LogP contribution in [0.1, 0.15) is 51.2 Å². The molecule has 1 N–H and O–H groups in total. The number of carbonyl (C=O) groups is 1. The Morgan fingerprint density at radius 1 is 1.33 bits per heavy atom. The second-order valence-corrected chi connectivity index (χ2v) is 5.86. The van der Waals surface area contributed by atoms with Crippen LogP contribution in [0.25, 0.3) is 5.57 Å². The molecule has 21 heavy (non-hydrogen) atoms. The lowest BCUT2D eigenvalue weighted by Gasteiger charge is -2.14. The predicted octanol–water partition coefficient (Wildman–Crippen LogP) is 3.72. The first-order valence-electron chi connectivity index (χ1n) is 7.79. The first-order valence-corrected chi connectivity index (χ1v) is 7.79. The minimum Gasteiger partial charge on any atom is -0.491 e. The van der Waals surface area contributed by atoms with Gasteiger partial charge in [0.25, 0.3) is 0 Å². The van der Waals surface area contributed by atoms with Crippen LogP contribution in [0.2, 0.25) is 0 Å². The highest BCUT2D eigenvalue weighted by atomic mass is 16.5. The third kappa shape index (κ3) is 4.62. The summed E-state index contributed by atoms with van der Waals surface area (Å²) in [6.45, 7) is 6.23. The second kappa shape index (κ2) is 7.30. The molecule has 0 unspecified atom stereocenters. The summed E-state index contributed by atoms with van der Waals surface area (Å²) in [6.07, 6.45) is 6.92. The van der Waals surface area contributed by atoms with Crippen molar-refractivity contribution in [2.24, 2.45) is 0 Å². The van der Waals surface area contributed by atoms with E-state index < -0.39 is 0 Å². The van der Waals surface area contributed by atoms with Crippen LogP contribution in [0.5, 0.6) is 5.75 Å². The van der Waals surface area contributed by atoms with Crippen LogP contribution < -0.4 is 10.1 Å². The second-order valence-electron chi connectivity index (χ2n) is 5.86. The minimum atomic E-state index is 0.0117. The van der Waals surface area contributed by atoms with Crippen molar-refractivity contribution in [3.63, 3.8) is 0 Å². The van der Waals surface area contributed by atoms with E-state index >= 15 is 0 Å². The van der Waals surface area contributed by atoms with Gasteiger partial charge in [-0.25, -0.2) is 0 Å². The molecule has 1 aromatic rings. The van der Waals surface area contributed by atoms with Crippen molar-refractivity contribution in [3.05, 3.63) is 35.4 Å². The summed E-state index contributed by atoms with van der Waals surface area (Å²) in [5, 5.41) is 2.84. The van der Waals surface area contributed by atoms with Gasteiger partial charge in [0, 0.05) is 13.5 Å². The van der Waals surface area contributed by atoms with Gasteiger partial charge < -0.3 is 10.1 Å². The van der Waals surface area contributed by atoms with E-state index in [1.165, 1.54) is 29.5 Å². The Morgan fingerprint density at radius 3 is 2.81 bits per heavy atom. The molecule has 1 aliphatic carbocycles. The molecule has 0 saturated carbocycles. The number of allylic oxidation sites excluding steroid dienone is 1. The first-order chi connectivity index (χ1) is 10.1. The zero-order valence-electron chi connectivity index (χ0n) is 13.2. The summed E-state index contributed by atoms with van der Waals surface area (Å²) < 4.78 is 5.82. The highest BCUT2D eigenvalue weighted by molar-refractivity contribution is 5.74. The van der Waals surface area contributed by atoms with Gasteiger partial charge in [-0.1, -0.05) is 12.1 Å². The molecule has 0 spiro atoms. The number of rotatable bonds is 4. The molecule has 114 valence electrons. The number of ether oxygens (including phenoxy) is 1. The lowest BCUT2D eigenvalue weighted by atomic mass is 9.97. The van der Waals surface area contributed by atoms with Crippen LogP contribution in [0, 0.1) is 0 Å². The van der Waals surface area contributed by atoms with Gasteiger partial charge in [-0.05, 0) is 68.4 Å². The van der Waals surface area contributed by atoms with Gasteiger partial charge in [-0.3, -0.25) is 4.79 Å². The molecule has 3 heteroatoms. The maximum absolute atomic E-state index is 11.0. The number of hydrogen-bond acceptors (Lipinski definition) is 2. The predicted molar refractivity (Wildman–Crippen MR) is 86.4 cm³/mol. The van der Waals surface area contributed by atoms with Gasteiger partial charge in [0.15, 0.2) is 0 Å². The largest absolute Gasteiger partial charge is 0.491 e. The summed E-state index contributed by atoms with van der Waals surface area (Å²) >= 11 is 0. The van der Waals surface area contributed by atoms with Crippen molar-refractivity contribution in [2.45, 2.75) is 52.6 Å². The Kier molecular flexibility index (Phi) is 5.43. The normalized spacial score (nSPS) is 16.5. The molecule has 0 saturated heterocycles. The number of nitrogens with one attached hydrogen (secondary N) is 1. The Balaban J connectivity index is 2.26. The van der Waals surface area contributed by atoms with Crippen LogP contribution in [0.15, 0.2) is 24.3 Å². The molecule has 1 aliphatic rings. The SMILES string of the molecule is CC(=O)NC/C=C1\CCCCc2ccc(OC(C)C)cc21. The van der Waals surface area contributed by atoms with E-state index in [1.54, 1.807) is 6.92 Å². The van der Waals surface area contributed by atoms with E-state index in [9.17, 15) is 4.79 Å². The first kappa shape index (κ1) is 15.6. The van der Waals surface area contributed by atoms with Crippen molar-refractivity contribution in [3.8, 4) is 5.75 Å². The van der Waals surface area contributed by atoms with Gasteiger partial charge in [-0.15, -0.1) is 0 Å². The summed E-state index contributed by atoms with van der Waals surface area (Å²) in [5.41, 5.74) is 4.00. The van der Waals surface area contributed by atoms with E-state index in [4.69, 9.17) is 4.74 Å². The molecular weight excluding hydrogens is 262 g/mol. The summed E-state index contributed by atoms with van der Waals surface area (Å²) in [4.78, 5) is 11.0. The number of fused-ring (bicyclic) bond motifs is 1. The smallest absolute Gasteiger partial charge is 0.217 e. The zero-order chi connectivity index (χ0) is 15.2. The van der Waals surface area contributed by atoms with Crippen molar-refractivity contribution in [2.75, 3.05) is 6.54 Å². The maximum Gasteiger partial charge on any atom is 0.217 e. The summed E-state index contributed by atoms with van der Waals surface area (Å²) in [5.74, 6) is 0.939. The van der Waals surface area contributed by atoms with Gasteiger partial charge in [0.1, 0.15) is 5.75 Å². The van der Waals surface area contributed by atoms with Gasteiger partial charge in [0.05, 0.1) is 6.10 Å². The van der Waals surface area contributed by atoms with E-state index in [0.717, 1.165) is 18.6 Å². The lowest BCUT2D eigenvalue weighted by Crippen LogP contribution is -2.19. The third-order valence-corrected chi connectivity index (χ3v) is 3.64. The molecule has 3 nitrogen and oxygen atoms in total. The number of amides is 1. The lowest BCUT2D eigenvalue weighted by molar-refractivity contribution is -0.118. The fraction of sp³-hybridized carbons (Fsp3) is 0.500. The van der Waals surface area contributed by atoms with Gasteiger partial charge >= 0.3 is 0 Å².